The lowest BCUT2D eigenvalue weighted by atomic mass is 10.1. The van der Waals surface area contributed by atoms with Crippen LogP contribution < -0.4 is 19.9 Å². The number of carbonyl (C=O) groups excluding carboxylic acids is 1. The number of aromatic nitrogens is 2. The Bertz CT molecular complexity index is 894. The zero-order valence-corrected chi connectivity index (χ0v) is 14.7. The van der Waals surface area contributed by atoms with Crippen LogP contribution in [-0.2, 0) is 6.54 Å². The lowest BCUT2D eigenvalue weighted by molar-refractivity contribution is -0.722. The van der Waals surface area contributed by atoms with Gasteiger partial charge in [0.05, 0.1) is 14.2 Å². The van der Waals surface area contributed by atoms with Crippen molar-refractivity contribution in [1.29, 1.82) is 0 Å². The second-order valence-electron chi connectivity index (χ2n) is 5.26. The lowest BCUT2D eigenvalue weighted by Crippen LogP contribution is -2.41. The van der Waals surface area contributed by atoms with Gasteiger partial charge in [-0.25, -0.2) is 0 Å². The first kappa shape index (κ1) is 16.9. The number of ketones is 1. The number of nitrogens with zero attached hydrogens (tertiary/aromatic N) is 2. The fourth-order valence-electron chi connectivity index (χ4n) is 2.38. The van der Waals surface area contributed by atoms with Crippen LogP contribution in [0.5, 0.6) is 11.5 Å². The minimum Gasteiger partial charge on any atom is -0.493 e. The van der Waals surface area contributed by atoms with E-state index in [9.17, 15) is 4.79 Å². The van der Waals surface area contributed by atoms with Crippen LogP contribution in [0.2, 0.25) is 0 Å². The molecule has 0 spiro atoms. The highest BCUT2D eigenvalue weighted by molar-refractivity contribution is 7.17. The molecule has 0 bridgehead atoms. The first-order valence-electron chi connectivity index (χ1n) is 7.59. The van der Waals surface area contributed by atoms with Gasteiger partial charge in [0.15, 0.2) is 23.1 Å². The van der Waals surface area contributed by atoms with E-state index < -0.39 is 0 Å². The number of hydrogen-bond donors (Lipinski definition) is 1. The van der Waals surface area contributed by atoms with Gasteiger partial charge in [-0.1, -0.05) is 35.4 Å². The van der Waals surface area contributed by atoms with Crippen molar-refractivity contribution >= 4 is 22.3 Å². The normalized spacial score (nSPS) is 10.5. The molecular formula is C18H18N3O3S+. The van der Waals surface area contributed by atoms with Crippen molar-refractivity contribution in [2.24, 2.45) is 0 Å². The number of nitrogens with two attached hydrogens (primary N) is 1. The summed E-state index contributed by atoms with van der Waals surface area (Å²) in [5, 5.41) is 5.64. The standard InChI is InChI=1S/C18H17N3O3S/c1-23-15-9-8-13(10-16(15)24-2)17-20-21(18(19)25-17)11-14(22)12-6-4-3-5-7-12/h3-10,19H,11H2,1-2H3/p+1. The largest absolute Gasteiger partial charge is 0.493 e. The molecule has 0 unspecified atom stereocenters. The molecule has 3 aromatic rings. The van der Waals surface area contributed by atoms with E-state index >= 15 is 0 Å². The van der Waals surface area contributed by atoms with Crippen molar-refractivity contribution in [1.82, 2.24) is 5.10 Å². The van der Waals surface area contributed by atoms with Gasteiger partial charge >= 0.3 is 5.13 Å². The molecule has 0 aliphatic heterocycles. The van der Waals surface area contributed by atoms with Crippen molar-refractivity contribution in [3.05, 3.63) is 54.1 Å². The number of hydrogen-bond acceptors (Lipinski definition) is 6. The summed E-state index contributed by atoms with van der Waals surface area (Å²) >= 11 is 1.32. The Hall–Kier alpha value is -2.93. The summed E-state index contributed by atoms with van der Waals surface area (Å²) in [7, 11) is 3.17. The fraction of sp³-hybridized carbons (Fsp3) is 0.167. The third-order valence-electron chi connectivity index (χ3n) is 3.69. The highest BCUT2D eigenvalue weighted by Gasteiger charge is 2.20. The van der Waals surface area contributed by atoms with Crippen LogP contribution in [0, 0.1) is 0 Å². The van der Waals surface area contributed by atoms with Gasteiger partial charge in [0.2, 0.25) is 5.78 Å². The number of benzene rings is 2. The summed E-state index contributed by atoms with van der Waals surface area (Å²) in [6, 6.07) is 14.6. The van der Waals surface area contributed by atoms with Crippen LogP contribution in [0.4, 0.5) is 5.13 Å². The summed E-state index contributed by atoms with van der Waals surface area (Å²) in [5.74, 6) is 1.21. The number of Topliss-reactive ketones (excluding diaryl/α,β-unsaturated/α-hetero) is 1. The molecule has 1 heterocycles. The predicted octanol–water partition coefficient (Wildman–Crippen LogP) is 2.58. The molecule has 0 amide bonds. The molecule has 3 rings (SSSR count). The Morgan fingerprint density at radius 1 is 1.12 bits per heavy atom. The van der Waals surface area contributed by atoms with Gasteiger partial charge in [-0.3, -0.25) is 10.5 Å². The Labute approximate surface area is 149 Å². The minimum absolute atomic E-state index is 0.0403. The van der Waals surface area contributed by atoms with Gasteiger partial charge in [-0.2, -0.15) is 0 Å². The number of ether oxygens (including phenoxy) is 2. The summed E-state index contributed by atoms with van der Waals surface area (Å²) in [4.78, 5) is 12.3. The van der Waals surface area contributed by atoms with Crippen LogP contribution in [0.15, 0.2) is 48.5 Å². The van der Waals surface area contributed by atoms with Gasteiger partial charge in [0.1, 0.15) is 0 Å². The number of rotatable bonds is 6. The Kier molecular flexibility index (Phi) is 4.95. The molecule has 6 nitrogen and oxygen atoms in total. The van der Waals surface area contributed by atoms with Crippen LogP contribution in [0.3, 0.4) is 0 Å². The van der Waals surface area contributed by atoms with Crippen molar-refractivity contribution < 1.29 is 19.0 Å². The Balaban J connectivity index is 1.86. The Morgan fingerprint density at radius 3 is 2.52 bits per heavy atom. The van der Waals surface area contributed by atoms with E-state index in [1.165, 1.54) is 16.0 Å². The van der Waals surface area contributed by atoms with E-state index in [-0.39, 0.29) is 12.3 Å². The summed E-state index contributed by atoms with van der Waals surface area (Å²) in [6.07, 6.45) is 0. The topological polar surface area (TPSA) is 78.3 Å². The van der Waals surface area contributed by atoms with Crippen LogP contribution in [0.1, 0.15) is 10.4 Å². The predicted molar refractivity (Wildman–Crippen MR) is 96.0 cm³/mol. The molecule has 0 saturated heterocycles. The van der Waals surface area contributed by atoms with Gasteiger partial charge in [0, 0.05) is 11.1 Å². The number of anilines is 1. The first-order chi connectivity index (χ1) is 12.1. The second-order valence-corrected chi connectivity index (χ2v) is 6.27. The van der Waals surface area contributed by atoms with E-state index in [0.717, 1.165) is 5.56 Å². The molecule has 25 heavy (non-hydrogen) atoms. The molecule has 2 N–H and O–H groups in total. The van der Waals surface area contributed by atoms with Gasteiger partial charge in [-0.15, -0.1) is 4.68 Å². The molecule has 0 saturated carbocycles. The van der Waals surface area contributed by atoms with E-state index in [2.05, 4.69) is 5.10 Å². The molecule has 7 heteroatoms. The van der Waals surface area contributed by atoms with Crippen LogP contribution >= 0.6 is 11.3 Å². The third-order valence-corrected chi connectivity index (χ3v) is 4.62. The average molecular weight is 356 g/mol. The van der Waals surface area contributed by atoms with E-state index in [1.807, 2.05) is 36.4 Å². The van der Waals surface area contributed by atoms with Gasteiger partial charge < -0.3 is 9.47 Å². The average Bonchev–Trinajstić information content (AvgIpc) is 3.02. The van der Waals surface area contributed by atoms with Crippen molar-refractivity contribution in [3.8, 4) is 22.1 Å². The number of methoxy groups -OCH3 is 2. The molecule has 0 atom stereocenters. The fourth-order valence-corrected chi connectivity index (χ4v) is 3.17. The van der Waals surface area contributed by atoms with Crippen molar-refractivity contribution in [3.63, 3.8) is 0 Å². The van der Waals surface area contributed by atoms with Gasteiger partial charge in [-0.05, 0) is 29.5 Å². The van der Waals surface area contributed by atoms with Crippen LogP contribution in [-0.4, -0.2) is 25.1 Å². The Morgan fingerprint density at radius 2 is 1.84 bits per heavy atom. The summed E-state index contributed by atoms with van der Waals surface area (Å²) < 4.78 is 12.1. The van der Waals surface area contributed by atoms with Crippen LogP contribution in [0.25, 0.3) is 10.6 Å². The maximum Gasteiger partial charge on any atom is 0.354 e. The smallest absolute Gasteiger partial charge is 0.354 e. The number of carbonyl (C=O) groups is 1. The van der Waals surface area contributed by atoms with E-state index in [0.29, 0.717) is 27.2 Å². The minimum atomic E-state index is -0.0403. The third kappa shape index (κ3) is 3.61. The maximum absolute atomic E-state index is 12.3. The second kappa shape index (κ2) is 7.31. The quantitative estimate of drug-likeness (QED) is 0.542. The zero-order chi connectivity index (χ0) is 17.8. The monoisotopic (exact) mass is 356 g/mol. The SMILES string of the molecule is COc1ccc(-c2n[n+](CC(=O)c3ccccc3)c(N)s2)cc1OC. The van der Waals surface area contributed by atoms with Crippen molar-refractivity contribution in [2.45, 2.75) is 6.54 Å². The lowest BCUT2D eigenvalue weighted by Gasteiger charge is -2.07. The first-order valence-corrected chi connectivity index (χ1v) is 8.41. The molecular weight excluding hydrogens is 338 g/mol. The molecule has 1 aromatic heterocycles. The summed E-state index contributed by atoms with van der Waals surface area (Å²) in [6.45, 7) is 0.0969. The molecule has 0 aliphatic carbocycles. The highest BCUT2D eigenvalue weighted by atomic mass is 32.1. The molecule has 0 fully saturated rings. The zero-order valence-electron chi connectivity index (χ0n) is 13.9. The molecule has 0 aliphatic rings. The molecule has 128 valence electrons. The van der Waals surface area contributed by atoms with E-state index in [1.54, 1.807) is 26.4 Å². The highest BCUT2D eigenvalue weighted by Crippen LogP contribution is 2.33. The van der Waals surface area contributed by atoms with Crippen molar-refractivity contribution in [2.75, 3.05) is 20.0 Å². The number of nitrogen functional groups attached to an aromatic ring is 1. The molecule has 2 aromatic carbocycles. The molecule has 0 radical (unpaired) electrons. The maximum atomic E-state index is 12.3. The van der Waals surface area contributed by atoms with Gasteiger partial charge in [0.25, 0.3) is 0 Å². The van der Waals surface area contributed by atoms with E-state index in [4.69, 9.17) is 15.2 Å². The summed E-state index contributed by atoms with van der Waals surface area (Å²) in [5.41, 5.74) is 7.52.